The Hall–Kier alpha value is -2.97. The molecule has 0 atom stereocenters. The number of carbonyl (C=O) groups excluding carboxylic acids is 1. The fourth-order valence-electron chi connectivity index (χ4n) is 3.38. The number of nitrogens with zero attached hydrogens (tertiary/aromatic N) is 7. The first-order chi connectivity index (χ1) is 12.6. The summed E-state index contributed by atoms with van der Waals surface area (Å²) in [6.45, 7) is 3.73. The Balaban J connectivity index is 1.40. The lowest BCUT2D eigenvalue weighted by Gasteiger charge is -2.30. The summed E-state index contributed by atoms with van der Waals surface area (Å²) >= 11 is 0. The number of rotatable bonds is 4. The third kappa shape index (κ3) is 3.12. The van der Waals surface area contributed by atoms with Crippen LogP contribution in [0.1, 0.15) is 46.7 Å². The number of hydrogen-bond donors (Lipinski definition) is 0. The number of amides is 1. The van der Waals surface area contributed by atoms with E-state index in [0.29, 0.717) is 37.0 Å². The van der Waals surface area contributed by atoms with Gasteiger partial charge in [0.25, 0.3) is 5.91 Å². The molecule has 1 aliphatic rings. The summed E-state index contributed by atoms with van der Waals surface area (Å²) in [5.41, 5.74) is 0.376. The smallest absolute Gasteiger partial charge is 0.276 e. The minimum absolute atomic E-state index is 0.0716. The molecule has 9 nitrogen and oxygen atoms in total. The lowest BCUT2D eigenvalue weighted by molar-refractivity contribution is 0.0700. The number of aryl methyl sites for hydroxylation is 1. The van der Waals surface area contributed by atoms with Gasteiger partial charge in [0, 0.05) is 44.5 Å². The van der Waals surface area contributed by atoms with Crippen molar-refractivity contribution in [3.63, 3.8) is 0 Å². The summed E-state index contributed by atoms with van der Waals surface area (Å²) in [7, 11) is 1.99. The van der Waals surface area contributed by atoms with Crippen molar-refractivity contribution in [2.45, 2.75) is 32.2 Å². The molecule has 1 fully saturated rings. The van der Waals surface area contributed by atoms with Gasteiger partial charge in [0.2, 0.25) is 0 Å². The van der Waals surface area contributed by atoms with Gasteiger partial charge in [0.1, 0.15) is 18.1 Å². The molecule has 0 unspecified atom stereocenters. The van der Waals surface area contributed by atoms with E-state index in [1.807, 2.05) is 33.5 Å². The van der Waals surface area contributed by atoms with Gasteiger partial charge in [-0.2, -0.15) is 5.10 Å². The van der Waals surface area contributed by atoms with Gasteiger partial charge in [0.05, 0.1) is 0 Å². The molecule has 9 heteroatoms. The van der Waals surface area contributed by atoms with Crippen molar-refractivity contribution < 1.29 is 9.32 Å². The van der Waals surface area contributed by atoms with E-state index in [-0.39, 0.29) is 5.91 Å². The summed E-state index contributed by atoms with van der Waals surface area (Å²) in [6, 6.07) is 3.57. The molecule has 4 heterocycles. The maximum atomic E-state index is 12.5. The van der Waals surface area contributed by atoms with Gasteiger partial charge in [-0.3, -0.25) is 9.48 Å². The Labute approximate surface area is 150 Å². The monoisotopic (exact) mass is 355 g/mol. The third-order valence-corrected chi connectivity index (χ3v) is 4.86. The van der Waals surface area contributed by atoms with Crippen LogP contribution in [0.25, 0.3) is 0 Å². The second-order valence-electron chi connectivity index (χ2n) is 6.63. The van der Waals surface area contributed by atoms with Crippen molar-refractivity contribution in [1.82, 2.24) is 34.6 Å². The Morgan fingerprint density at radius 1 is 1.31 bits per heavy atom. The minimum Gasteiger partial charge on any atom is -0.361 e. The molecule has 26 heavy (non-hydrogen) atoms. The summed E-state index contributed by atoms with van der Waals surface area (Å²) in [4.78, 5) is 14.3. The molecule has 1 amide bonds. The van der Waals surface area contributed by atoms with Gasteiger partial charge in [0.15, 0.2) is 11.5 Å². The number of aromatic nitrogens is 6. The van der Waals surface area contributed by atoms with Crippen LogP contribution in [0.15, 0.2) is 29.0 Å². The highest BCUT2D eigenvalue weighted by atomic mass is 16.5. The second kappa shape index (κ2) is 6.74. The molecule has 4 rings (SSSR count). The van der Waals surface area contributed by atoms with Crippen LogP contribution >= 0.6 is 0 Å². The lowest BCUT2D eigenvalue weighted by Crippen LogP contribution is -2.38. The summed E-state index contributed by atoms with van der Waals surface area (Å²) in [6.07, 6.45) is 5.37. The van der Waals surface area contributed by atoms with E-state index < -0.39 is 0 Å². The molecule has 0 N–H and O–H groups in total. The molecule has 1 aliphatic heterocycles. The van der Waals surface area contributed by atoms with Crippen LogP contribution in [0.2, 0.25) is 0 Å². The highest BCUT2D eigenvalue weighted by Gasteiger charge is 2.29. The molecule has 0 spiro atoms. The molecule has 0 bridgehead atoms. The Morgan fingerprint density at radius 2 is 2.12 bits per heavy atom. The van der Waals surface area contributed by atoms with Gasteiger partial charge in [-0.05, 0) is 25.8 Å². The molecule has 3 aromatic heterocycles. The maximum Gasteiger partial charge on any atom is 0.276 e. The quantitative estimate of drug-likeness (QED) is 0.702. The van der Waals surface area contributed by atoms with E-state index in [4.69, 9.17) is 4.52 Å². The number of hydrogen-bond acceptors (Lipinski definition) is 6. The van der Waals surface area contributed by atoms with Crippen molar-refractivity contribution in [3.05, 3.63) is 47.6 Å². The van der Waals surface area contributed by atoms with Gasteiger partial charge in [-0.15, -0.1) is 10.2 Å². The van der Waals surface area contributed by atoms with E-state index in [1.54, 1.807) is 19.2 Å². The van der Waals surface area contributed by atoms with E-state index >= 15 is 0 Å². The van der Waals surface area contributed by atoms with Crippen LogP contribution in [-0.4, -0.2) is 53.6 Å². The largest absolute Gasteiger partial charge is 0.361 e. The molecule has 3 aromatic rings. The van der Waals surface area contributed by atoms with E-state index in [1.165, 1.54) is 0 Å². The SMILES string of the molecule is Cc1cc(C(=O)N2CCC(c3nnc(Cn4cccn4)n3C)CC2)no1. The fourth-order valence-corrected chi connectivity index (χ4v) is 3.38. The Morgan fingerprint density at radius 3 is 2.77 bits per heavy atom. The molecule has 0 radical (unpaired) electrons. The molecule has 0 aliphatic carbocycles. The van der Waals surface area contributed by atoms with Crippen LogP contribution in [0, 0.1) is 6.92 Å². The zero-order chi connectivity index (χ0) is 18.1. The van der Waals surface area contributed by atoms with Gasteiger partial charge in [-0.25, -0.2) is 0 Å². The van der Waals surface area contributed by atoms with Crippen LogP contribution in [0.4, 0.5) is 0 Å². The molecule has 0 saturated carbocycles. The first-order valence-corrected chi connectivity index (χ1v) is 8.70. The summed E-state index contributed by atoms with van der Waals surface area (Å²) < 4.78 is 8.88. The zero-order valence-electron chi connectivity index (χ0n) is 14.9. The molecule has 136 valence electrons. The number of likely N-dealkylation sites (tertiary alicyclic amines) is 1. The van der Waals surface area contributed by atoms with E-state index in [2.05, 4.69) is 20.5 Å². The van der Waals surface area contributed by atoms with Gasteiger partial charge < -0.3 is 14.0 Å². The minimum atomic E-state index is -0.0716. The van der Waals surface area contributed by atoms with E-state index in [9.17, 15) is 4.79 Å². The summed E-state index contributed by atoms with van der Waals surface area (Å²) in [5, 5.41) is 16.7. The number of piperidine rings is 1. The standard InChI is InChI=1S/C17H21N7O2/c1-12-10-14(21-26-12)17(25)23-8-4-13(5-9-23)16-20-19-15(22(16)2)11-24-7-3-6-18-24/h3,6-7,10,13H,4-5,8-9,11H2,1-2H3. The van der Waals surface area contributed by atoms with Crippen LogP contribution in [0.3, 0.4) is 0 Å². The first kappa shape index (κ1) is 16.5. The molecule has 0 aromatic carbocycles. The van der Waals surface area contributed by atoms with Crippen LogP contribution in [0.5, 0.6) is 0 Å². The van der Waals surface area contributed by atoms with Crippen molar-refractivity contribution in [3.8, 4) is 0 Å². The van der Waals surface area contributed by atoms with Crippen LogP contribution < -0.4 is 0 Å². The van der Waals surface area contributed by atoms with Crippen molar-refractivity contribution in [2.75, 3.05) is 13.1 Å². The van der Waals surface area contributed by atoms with Crippen LogP contribution in [-0.2, 0) is 13.6 Å². The molecular formula is C17H21N7O2. The van der Waals surface area contributed by atoms with Crippen molar-refractivity contribution >= 4 is 5.91 Å². The lowest BCUT2D eigenvalue weighted by atomic mass is 9.95. The van der Waals surface area contributed by atoms with Crippen molar-refractivity contribution in [2.24, 2.45) is 7.05 Å². The topological polar surface area (TPSA) is 94.9 Å². The maximum absolute atomic E-state index is 12.5. The third-order valence-electron chi connectivity index (χ3n) is 4.86. The van der Waals surface area contributed by atoms with Gasteiger partial charge >= 0.3 is 0 Å². The molecule has 1 saturated heterocycles. The van der Waals surface area contributed by atoms with Crippen molar-refractivity contribution in [1.29, 1.82) is 0 Å². The number of carbonyl (C=O) groups is 1. The van der Waals surface area contributed by atoms with Gasteiger partial charge in [-0.1, -0.05) is 5.16 Å². The fraction of sp³-hybridized carbons (Fsp3) is 0.471. The Kier molecular flexibility index (Phi) is 4.27. The first-order valence-electron chi connectivity index (χ1n) is 8.70. The average molecular weight is 355 g/mol. The second-order valence-corrected chi connectivity index (χ2v) is 6.63. The Bertz CT molecular complexity index is 888. The molecular weight excluding hydrogens is 334 g/mol. The highest BCUT2D eigenvalue weighted by Crippen LogP contribution is 2.27. The summed E-state index contributed by atoms with van der Waals surface area (Å²) in [5.74, 6) is 2.71. The average Bonchev–Trinajstić information content (AvgIpc) is 3.38. The zero-order valence-corrected chi connectivity index (χ0v) is 14.9. The predicted octanol–water partition coefficient (Wildman–Crippen LogP) is 1.38. The van der Waals surface area contributed by atoms with E-state index in [0.717, 1.165) is 24.5 Å². The highest BCUT2D eigenvalue weighted by molar-refractivity contribution is 5.92. The predicted molar refractivity (Wildman–Crippen MR) is 91.5 cm³/mol. The normalized spacial score (nSPS) is 15.5.